The van der Waals surface area contributed by atoms with Gasteiger partial charge in [0.2, 0.25) is 0 Å². The lowest BCUT2D eigenvalue weighted by Gasteiger charge is -2.07. The maximum atomic E-state index is 5.36. The van der Waals surface area contributed by atoms with Crippen molar-refractivity contribution in [3.05, 3.63) is 36.2 Å². The monoisotopic (exact) mass is 261 g/mol. The Kier molecular flexibility index (Phi) is 9.22. The Morgan fingerprint density at radius 3 is 2.47 bits per heavy atom. The van der Waals surface area contributed by atoms with Crippen LogP contribution in [0.1, 0.15) is 63.9 Å². The zero-order valence-electron chi connectivity index (χ0n) is 12.7. The van der Waals surface area contributed by atoms with E-state index in [1.165, 1.54) is 50.5 Å². The molecule has 0 heterocycles. The average Bonchev–Trinajstić information content (AvgIpc) is 2.46. The molecular formula is C18H29O. The summed E-state index contributed by atoms with van der Waals surface area (Å²) in [7, 11) is 1.75. The molecule has 0 aromatic heterocycles. The average molecular weight is 261 g/mol. The van der Waals surface area contributed by atoms with Gasteiger partial charge < -0.3 is 4.74 Å². The van der Waals surface area contributed by atoms with Gasteiger partial charge in [-0.1, -0.05) is 70.1 Å². The van der Waals surface area contributed by atoms with E-state index in [0.717, 1.165) is 18.6 Å². The first-order valence-electron chi connectivity index (χ1n) is 7.82. The van der Waals surface area contributed by atoms with Crippen LogP contribution < -0.4 is 4.74 Å². The summed E-state index contributed by atoms with van der Waals surface area (Å²) in [5.41, 5.74) is 1.32. The highest BCUT2D eigenvalue weighted by Crippen LogP contribution is 2.20. The van der Waals surface area contributed by atoms with Crippen LogP contribution in [0.25, 0.3) is 0 Å². The fourth-order valence-corrected chi connectivity index (χ4v) is 2.38. The molecule has 1 aromatic rings. The van der Waals surface area contributed by atoms with Crippen LogP contribution in [0.4, 0.5) is 0 Å². The van der Waals surface area contributed by atoms with Crippen LogP contribution in [0.2, 0.25) is 0 Å². The Hall–Kier alpha value is -0.980. The second-order valence-electron chi connectivity index (χ2n) is 5.20. The number of hydrogen-bond acceptors (Lipinski definition) is 1. The Bertz CT molecular complexity index is 319. The highest BCUT2D eigenvalue weighted by atomic mass is 16.5. The molecule has 0 aliphatic heterocycles. The molecule has 0 amide bonds. The first kappa shape index (κ1) is 16.1. The second-order valence-corrected chi connectivity index (χ2v) is 5.20. The van der Waals surface area contributed by atoms with Gasteiger partial charge in [-0.15, -0.1) is 0 Å². The molecule has 107 valence electrons. The Labute approximate surface area is 119 Å². The predicted octanol–water partition coefficient (Wildman–Crippen LogP) is 5.58. The van der Waals surface area contributed by atoms with E-state index < -0.39 is 0 Å². The molecule has 1 radical (unpaired) electrons. The summed E-state index contributed by atoms with van der Waals surface area (Å²) in [6.45, 7) is 2.27. The van der Waals surface area contributed by atoms with Crippen LogP contribution in [0.15, 0.2) is 24.3 Å². The molecule has 0 atom stereocenters. The van der Waals surface area contributed by atoms with Crippen LogP contribution in [-0.4, -0.2) is 7.11 Å². The van der Waals surface area contributed by atoms with Gasteiger partial charge in [-0.05, 0) is 30.9 Å². The SMILES string of the molecule is CCCCCCCC[CH]CCc1ccccc1OC. The molecule has 0 unspecified atom stereocenters. The van der Waals surface area contributed by atoms with Crippen molar-refractivity contribution in [2.75, 3.05) is 7.11 Å². The molecule has 1 nitrogen and oxygen atoms in total. The molecule has 1 rings (SSSR count). The maximum Gasteiger partial charge on any atom is 0.122 e. The zero-order valence-corrected chi connectivity index (χ0v) is 12.7. The Morgan fingerprint density at radius 2 is 1.68 bits per heavy atom. The lowest BCUT2D eigenvalue weighted by Crippen LogP contribution is -1.92. The van der Waals surface area contributed by atoms with Gasteiger partial charge in [0.05, 0.1) is 7.11 Å². The highest BCUT2D eigenvalue weighted by Gasteiger charge is 2.00. The quantitative estimate of drug-likeness (QED) is 0.472. The van der Waals surface area contributed by atoms with Gasteiger partial charge in [-0.3, -0.25) is 0 Å². The molecular weight excluding hydrogens is 232 g/mol. The molecule has 1 heteroatoms. The maximum absolute atomic E-state index is 5.36. The number of para-hydroxylation sites is 1. The van der Waals surface area contributed by atoms with Gasteiger partial charge in [-0.25, -0.2) is 0 Å². The number of methoxy groups -OCH3 is 1. The topological polar surface area (TPSA) is 9.23 Å². The van der Waals surface area contributed by atoms with E-state index in [1.807, 2.05) is 12.1 Å². The molecule has 0 saturated carbocycles. The summed E-state index contributed by atoms with van der Waals surface area (Å²) in [5, 5.41) is 0. The van der Waals surface area contributed by atoms with Crippen molar-refractivity contribution in [3.63, 3.8) is 0 Å². The fourth-order valence-electron chi connectivity index (χ4n) is 2.38. The van der Waals surface area contributed by atoms with Crippen molar-refractivity contribution in [1.29, 1.82) is 0 Å². The summed E-state index contributed by atoms with van der Waals surface area (Å²) in [6.07, 6.45) is 14.3. The van der Waals surface area contributed by atoms with Gasteiger partial charge >= 0.3 is 0 Å². The molecule has 19 heavy (non-hydrogen) atoms. The number of benzene rings is 1. The number of unbranched alkanes of at least 4 members (excludes halogenated alkanes) is 8. The van der Waals surface area contributed by atoms with Crippen molar-refractivity contribution in [1.82, 2.24) is 0 Å². The standard InChI is InChI=1S/C18H29O/c1-3-4-5-6-7-8-9-10-11-14-17-15-12-13-16-18(17)19-2/h10,12-13,15-16H,3-9,11,14H2,1-2H3. The van der Waals surface area contributed by atoms with E-state index in [0.29, 0.717) is 0 Å². The lowest BCUT2D eigenvalue weighted by molar-refractivity contribution is 0.409. The van der Waals surface area contributed by atoms with Crippen molar-refractivity contribution >= 4 is 0 Å². The smallest absolute Gasteiger partial charge is 0.122 e. The summed E-state index contributed by atoms with van der Waals surface area (Å²) < 4.78 is 5.36. The van der Waals surface area contributed by atoms with Crippen molar-refractivity contribution in [2.24, 2.45) is 0 Å². The third-order valence-corrected chi connectivity index (χ3v) is 3.57. The van der Waals surface area contributed by atoms with E-state index in [2.05, 4.69) is 25.5 Å². The summed E-state index contributed by atoms with van der Waals surface area (Å²) in [4.78, 5) is 0. The van der Waals surface area contributed by atoms with E-state index >= 15 is 0 Å². The summed E-state index contributed by atoms with van der Waals surface area (Å²) >= 11 is 0. The van der Waals surface area contributed by atoms with E-state index in [4.69, 9.17) is 4.74 Å². The largest absolute Gasteiger partial charge is 0.496 e. The van der Waals surface area contributed by atoms with Crippen LogP contribution in [0.3, 0.4) is 0 Å². The predicted molar refractivity (Wildman–Crippen MR) is 83.6 cm³/mol. The minimum Gasteiger partial charge on any atom is -0.496 e. The summed E-state index contributed by atoms with van der Waals surface area (Å²) in [6, 6.07) is 8.33. The normalized spacial score (nSPS) is 10.6. The van der Waals surface area contributed by atoms with Crippen molar-refractivity contribution < 1.29 is 4.74 Å². The van der Waals surface area contributed by atoms with Crippen LogP contribution in [0, 0.1) is 6.42 Å². The highest BCUT2D eigenvalue weighted by molar-refractivity contribution is 5.33. The number of aryl methyl sites for hydroxylation is 1. The third kappa shape index (κ3) is 7.25. The van der Waals surface area contributed by atoms with Gasteiger partial charge in [0.25, 0.3) is 0 Å². The van der Waals surface area contributed by atoms with Crippen molar-refractivity contribution in [2.45, 2.75) is 64.7 Å². The first-order chi connectivity index (χ1) is 9.38. The molecule has 0 aliphatic carbocycles. The molecule has 0 saturated heterocycles. The second kappa shape index (κ2) is 10.9. The molecule has 0 spiro atoms. The van der Waals surface area contributed by atoms with E-state index in [1.54, 1.807) is 7.11 Å². The third-order valence-electron chi connectivity index (χ3n) is 3.57. The molecule has 0 N–H and O–H groups in total. The van der Waals surface area contributed by atoms with E-state index in [9.17, 15) is 0 Å². The first-order valence-corrected chi connectivity index (χ1v) is 7.82. The van der Waals surface area contributed by atoms with Crippen molar-refractivity contribution in [3.8, 4) is 5.75 Å². The van der Waals surface area contributed by atoms with Crippen LogP contribution >= 0.6 is 0 Å². The Morgan fingerprint density at radius 1 is 0.947 bits per heavy atom. The molecule has 0 aliphatic rings. The van der Waals surface area contributed by atoms with Gasteiger partial charge in [0.15, 0.2) is 0 Å². The number of ether oxygens (including phenoxy) is 1. The number of rotatable bonds is 11. The van der Waals surface area contributed by atoms with E-state index in [-0.39, 0.29) is 0 Å². The minimum absolute atomic E-state index is 1.02. The zero-order chi connectivity index (χ0) is 13.8. The molecule has 0 fully saturated rings. The fraction of sp³-hybridized carbons (Fsp3) is 0.611. The van der Waals surface area contributed by atoms with Gasteiger partial charge in [0.1, 0.15) is 5.75 Å². The van der Waals surface area contributed by atoms with Crippen LogP contribution in [0.5, 0.6) is 5.75 Å². The molecule has 1 aromatic carbocycles. The van der Waals surface area contributed by atoms with Gasteiger partial charge in [0, 0.05) is 0 Å². The lowest BCUT2D eigenvalue weighted by atomic mass is 10.0. The Balaban J connectivity index is 2.01. The summed E-state index contributed by atoms with van der Waals surface area (Å²) in [5.74, 6) is 1.02. The van der Waals surface area contributed by atoms with Gasteiger partial charge in [-0.2, -0.15) is 0 Å². The minimum atomic E-state index is 1.02. The van der Waals surface area contributed by atoms with Crippen LogP contribution in [-0.2, 0) is 6.42 Å². The number of hydrogen-bond donors (Lipinski definition) is 0. The molecule has 0 bridgehead atoms.